The van der Waals surface area contributed by atoms with Gasteiger partial charge in [-0.1, -0.05) is 91.0 Å². The maximum atomic E-state index is 10.7. The Morgan fingerprint density at radius 2 is 1.06 bits per heavy atom. The maximum absolute atomic E-state index is 10.7. The number of ether oxygens (including phenoxy) is 4. The fourth-order valence-electron chi connectivity index (χ4n) is 3.84. The second-order valence-corrected chi connectivity index (χ2v) is 8.08. The van der Waals surface area contributed by atoms with Crippen LogP contribution >= 0.6 is 0 Å². The maximum Gasteiger partial charge on any atom is 0.184 e. The molecule has 6 nitrogen and oxygen atoms in total. The highest BCUT2D eigenvalue weighted by molar-refractivity contribution is 5.15. The summed E-state index contributed by atoms with van der Waals surface area (Å²) in [5.74, 6) is 0. The van der Waals surface area contributed by atoms with Gasteiger partial charge in [-0.05, 0) is 16.7 Å². The predicted octanol–water partition coefficient (Wildman–Crippen LogP) is 3.45. The molecular formula is C27H30O6. The first-order chi connectivity index (χ1) is 16.2. The molecule has 0 amide bonds. The van der Waals surface area contributed by atoms with E-state index in [1.54, 1.807) is 0 Å². The molecule has 5 atom stereocenters. The zero-order chi connectivity index (χ0) is 22.9. The normalized spacial score (nSPS) is 25.1. The Kier molecular flexibility index (Phi) is 8.60. The van der Waals surface area contributed by atoms with E-state index in [1.165, 1.54) is 0 Å². The molecule has 3 aromatic rings. The Morgan fingerprint density at radius 3 is 1.58 bits per heavy atom. The van der Waals surface area contributed by atoms with Crippen LogP contribution < -0.4 is 0 Å². The van der Waals surface area contributed by atoms with Crippen LogP contribution in [0.5, 0.6) is 0 Å². The Balaban J connectivity index is 1.46. The van der Waals surface area contributed by atoms with Crippen LogP contribution in [0.1, 0.15) is 16.7 Å². The minimum atomic E-state index is -1.40. The molecule has 0 aliphatic carbocycles. The standard InChI is InChI=1S/C27H30O6/c28-24-26(32-18-22-14-8-3-9-15-22)25(31-17-21-12-6-2-7-13-21)23(33-27(24)29)19-30-16-20-10-4-1-5-11-20/h1-15,23-29H,16-19H2/t23-,24+,25-,26-,27-/m1/s1. The summed E-state index contributed by atoms with van der Waals surface area (Å²) in [4.78, 5) is 0. The second-order valence-electron chi connectivity index (χ2n) is 8.08. The minimum absolute atomic E-state index is 0.184. The molecule has 3 aromatic carbocycles. The quantitative estimate of drug-likeness (QED) is 0.493. The van der Waals surface area contributed by atoms with Crippen molar-refractivity contribution in [1.29, 1.82) is 0 Å². The molecule has 0 radical (unpaired) electrons. The molecule has 1 aliphatic rings. The summed E-state index contributed by atoms with van der Waals surface area (Å²) in [5, 5.41) is 21.1. The molecule has 0 aromatic heterocycles. The van der Waals surface area contributed by atoms with Gasteiger partial charge in [0.15, 0.2) is 6.29 Å². The van der Waals surface area contributed by atoms with Crippen LogP contribution in [0.25, 0.3) is 0 Å². The van der Waals surface area contributed by atoms with Crippen molar-refractivity contribution < 1.29 is 29.2 Å². The van der Waals surface area contributed by atoms with Crippen molar-refractivity contribution in [3.05, 3.63) is 108 Å². The molecule has 1 aliphatic heterocycles. The smallest absolute Gasteiger partial charge is 0.184 e. The third kappa shape index (κ3) is 6.71. The van der Waals surface area contributed by atoms with Gasteiger partial charge in [-0.2, -0.15) is 0 Å². The third-order valence-electron chi connectivity index (χ3n) is 5.60. The molecule has 174 valence electrons. The fraction of sp³-hybridized carbons (Fsp3) is 0.333. The third-order valence-corrected chi connectivity index (χ3v) is 5.60. The molecule has 0 spiro atoms. The number of aliphatic hydroxyl groups excluding tert-OH is 2. The van der Waals surface area contributed by atoms with Gasteiger partial charge in [0, 0.05) is 0 Å². The van der Waals surface area contributed by atoms with Crippen molar-refractivity contribution in [2.24, 2.45) is 0 Å². The molecule has 6 heteroatoms. The lowest BCUT2D eigenvalue weighted by Gasteiger charge is -2.42. The van der Waals surface area contributed by atoms with Gasteiger partial charge in [-0.3, -0.25) is 0 Å². The number of hydrogen-bond acceptors (Lipinski definition) is 6. The predicted molar refractivity (Wildman–Crippen MR) is 123 cm³/mol. The van der Waals surface area contributed by atoms with Crippen molar-refractivity contribution >= 4 is 0 Å². The second kappa shape index (κ2) is 12.0. The molecule has 33 heavy (non-hydrogen) atoms. The summed E-state index contributed by atoms with van der Waals surface area (Å²) in [6.07, 6.45) is -4.68. The summed E-state index contributed by atoms with van der Waals surface area (Å²) in [7, 11) is 0. The van der Waals surface area contributed by atoms with E-state index >= 15 is 0 Å². The van der Waals surface area contributed by atoms with Crippen molar-refractivity contribution in [2.75, 3.05) is 6.61 Å². The van der Waals surface area contributed by atoms with Gasteiger partial charge in [0.25, 0.3) is 0 Å². The van der Waals surface area contributed by atoms with Gasteiger partial charge in [0.2, 0.25) is 0 Å². The molecule has 1 heterocycles. The van der Waals surface area contributed by atoms with Gasteiger partial charge in [-0.25, -0.2) is 0 Å². The highest BCUT2D eigenvalue weighted by atomic mass is 16.7. The van der Waals surface area contributed by atoms with Crippen LogP contribution in [0.2, 0.25) is 0 Å². The lowest BCUT2D eigenvalue weighted by Crippen LogP contribution is -2.60. The van der Waals surface area contributed by atoms with E-state index in [1.807, 2.05) is 91.0 Å². The van der Waals surface area contributed by atoms with E-state index < -0.39 is 30.7 Å². The lowest BCUT2D eigenvalue weighted by atomic mass is 9.98. The van der Waals surface area contributed by atoms with E-state index in [4.69, 9.17) is 18.9 Å². The van der Waals surface area contributed by atoms with Gasteiger partial charge in [-0.15, -0.1) is 0 Å². The SMILES string of the molecule is O[C@H]1[C@@H](OCc2ccccc2)[C@H](OCc2ccccc2)[C@@H](COCc2ccccc2)O[C@H]1O. The number of hydrogen-bond donors (Lipinski definition) is 2. The Morgan fingerprint density at radius 1 is 0.606 bits per heavy atom. The molecular weight excluding hydrogens is 420 g/mol. The molecule has 1 fully saturated rings. The van der Waals surface area contributed by atoms with Crippen molar-refractivity contribution in [3.63, 3.8) is 0 Å². The molecule has 2 N–H and O–H groups in total. The summed E-state index contributed by atoms with van der Waals surface area (Å²) < 4.78 is 23.9. The van der Waals surface area contributed by atoms with Gasteiger partial charge < -0.3 is 29.2 Å². The zero-order valence-corrected chi connectivity index (χ0v) is 18.4. The zero-order valence-electron chi connectivity index (χ0n) is 18.4. The van der Waals surface area contributed by atoms with Crippen LogP contribution in [0, 0.1) is 0 Å². The topological polar surface area (TPSA) is 77.4 Å². The van der Waals surface area contributed by atoms with Gasteiger partial charge in [0.1, 0.15) is 24.4 Å². The van der Waals surface area contributed by atoms with Crippen molar-refractivity contribution in [2.45, 2.75) is 50.5 Å². The van der Waals surface area contributed by atoms with E-state index in [0.29, 0.717) is 13.2 Å². The summed E-state index contributed by atoms with van der Waals surface area (Å²) in [6.45, 7) is 1.18. The molecule has 0 bridgehead atoms. The summed E-state index contributed by atoms with van der Waals surface area (Å²) in [6, 6.07) is 29.3. The first kappa shape index (κ1) is 23.6. The van der Waals surface area contributed by atoms with Crippen molar-refractivity contribution in [1.82, 2.24) is 0 Å². The number of benzene rings is 3. The van der Waals surface area contributed by atoms with Crippen molar-refractivity contribution in [3.8, 4) is 0 Å². The Labute approximate surface area is 194 Å². The van der Waals surface area contributed by atoms with E-state index in [0.717, 1.165) is 16.7 Å². The molecule has 4 rings (SSSR count). The summed E-state index contributed by atoms with van der Waals surface area (Å²) >= 11 is 0. The monoisotopic (exact) mass is 450 g/mol. The Bertz CT molecular complexity index is 937. The molecule has 0 saturated carbocycles. The molecule has 1 saturated heterocycles. The van der Waals surface area contributed by atoms with E-state index in [9.17, 15) is 10.2 Å². The number of rotatable bonds is 10. The van der Waals surface area contributed by atoms with Crippen LogP contribution in [0.3, 0.4) is 0 Å². The van der Waals surface area contributed by atoms with Gasteiger partial charge >= 0.3 is 0 Å². The fourth-order valence-corrected chi connectivity index (χ4v) is 3.84. The average Bonchev–Trinajstić information content (AvgIpc) is 2.86. The first-order valence-corrected chi connectivity index (χ1v) is 11.1. The highest BCUT2D eigenvalue weighted by Gasteiger charge is 2.46. The van der Waals surface area contributed by atoms with Crippen LogP contribution in [0.4, 0.5) is 0 Å². The average molecular weight is 451 g/mol. The summed E-state index contributed by atoms with van der Waals surface area (Å²) in [5.41, 5.74) is 2.99. The Hall–Kier alpha value is -2.58. The highest BCUT2D eigenvalue weighted by Crippen LogP contribution is 2.27. The van der Waals surface area contributed by atoms with E-state index in [2.05, 4.69) is 0 Å². The van der Waals surface area contributed by atoms with Crippen LogP contribution in [0.15, 0.2) is 91.0 Å². The van der Waals surface area contributed by atoms with Crippen LogP contribution in [-0.4, -0.2) is 47.5 Å². The van der Waals surface area contributed by atoms with Gasteiger partial charge in [0.05, 0.1) is 26.4 Å². The largest absolute Gasteiger partial charge is 0.385 e. The first-order valence-electron chi connectivity index (χ1n) is 11.1. The van der Waals surface area contributed by atoms with Crippen LogP contribution in [-0.2, 0) is 38.8 Å². The number of aliphatic hydroxyl groups is 2. The minimum Gasteiger partial charge on any atom is -0.385 e. The van der Waals surface area contributed by atoms with E-state index in [-0.39, 0.29) is 13.2 Å². The lowest BCUT2D eigenvalue weighted by molar-refractivity contribution is -0.307. The molecule has 0 unspecified atom stereocenters.